The second-order valence-electron chi connectivity index (χ2n) is 8.17. The molecule has 1 unspecified atom stereocenters. The van der Waals surface area contributed by atoms with Gasteiger partial charge in [-0.1, -0.05) is 29.8 Å². The molecular weight excluding hydrogens is 410 g/mol. The molecule has 31 heavy (non-hydrogen) atoms. The maximum absolute atomic E-state index is 12.9. The van der Waals surface area contributed by atoms with Crippen LogP contribution in [0.25, 0.3) is 0 Å². The fourth-order valence-electron chi connectivity index (χ4n) is 4.16. The highest BCUT2D eigenvalue weighted by Crippen LogP contribution is 2.33. The third-order valence-electron chi connectivity index (χ3n) is 5.76. The molecule has 0 fully saturated rings. The highest BCUT2D eigenvalue weighted by atomic mass is 32.2. The van der Waals surface area contributed by atoms with Crippen molar-refractivity contribution in [2.24, 2.45) is 0 Å². The average Bonchev–Trinajstić information content (AvgIpc) is 3.30. The topological polar surface area (TPSA) is 71.4 Å². The molecule has 0 aliphatic carbocycles. The summed E-state index contributed by atoms with van der Waals surface area (Å²) in [5, 5.41) is 0. The Morgan fingerprint density at radius 3 is 2.58 bits per heavy atom. The highest BCUT2D eigenvalue weighted by molar-refractivity contribution is 7.89. The number of anilines is 1. The van der Waals surface area contributed by atoms with E-state index in [0.717, 1.165) is 22.5 Å². The number of hydrogen-bond donors (Lipinski definition) is 1. The molecule has 0 saturated carbocycles. The predicted molar refractivity (Wildman–Crippen MR) is 122 cm³/mol. The van der Waals surface area contributed by atoms with Gasteiger partial charge in [-0.25, -0.2) is 13.1 Å². The minimum Gasteiger partial charge on any atom is -0.346 e. The van der Waals surface area contributed by atoms with Crippen molar-refractivity contribution in [2.75, 3.05) is 4.90 Å². The molecule has 0 saturated heterocycles. The normalized spacial score (nSPS) is 15.8. The zero-order valence-electron chi connectivity index (χ0n) is 18.0. The molecule has 1 atom stereocenters. The molecule has 1 aliphatic heterocycles. The molecule has 6 nitrogen and oxygen atoms in total. The number of nitrogens with one attached hydrogen (secondary N) is 1. The molecule has 7 heteroatoms. The van der Waals surface area contributed by atoms with Gasteiger partial charge in [-0.3, -0.25) is 4.79 Å². The molecular formula is C24H27N3O3S. The molecule has 3 aromatic rings. The summed E-state index contributed by atoms with van der Waals surface area (Å²) in [4.78, 5) is 13.8. The van der Waals surface area contributed by atoms with E-state index < -0.39 is 10.0 Å². The SMILES string of the molecule is CC(=O)N1c2ccc(S(=O)(=O)NCc3cccn3Cc3ccc(C)cc3)cc2CC1C. The maximum Gasteiger partial charge on any atom is 0.240 e. The highest BCUT2D eigenvalue weighted by Gasteiger charge is 2.30. The van der Waals surface area contributed by atoms with E-state index in [9.17, 15) is 13.2 Å². The monoisotopic (exact) mass is 437 g/mol. The van der Waals surface area contributed by atoms with Crippen LogP contribution in [0.3, 0.4) is 0 Å². The number of nitrogens with zero attached hydrogens (tertiary/aromatic N) is 2. The van der Waals surface area contributed by atoms with Gasteiger partial charge in [-0.2, -0.15) is 0 Å². The van der Waals surface area contributed by atoms with Gasteiger partial charge >= 0.3 is 0 Å². The fraction of sp³-hybridized carbons (Fsp3) is 0.292. The van der Waals surface area contributed by atoms with Gasteiger partial charge in [0.2, 0.25) is 15.9 Å². The second-order valence-corrected chi connectivity index (χ2v) is 9.94. The molecule has 0 spiro atoms. The number of benzene rings is 2. The van der Waals surface area contributed by atoms with Crippen molar-refractivity contribution in [1.29, 1.82) is 0 Å². The molecule has 1 amide bonds. The summed E-state index contributed by atoms with van der Waals surface area (Å²) in [5.74, 6) is -0.0330. The lowest BCUT2D eigenvalue weighted by atomic mass is 10.1. The standard InChI is InChI=1S/C24H27N3O3S/c1-17-6-8-20(9-7-17)16-26-12-4-5-22(26)15-25-31(29,30)23-10-11-24-21(14-23)13-18(2)27(24)19(3)28/h4-12,14,18,25H,13,15-16H2,1-3H3. The Morgan fingerprint density at radius 2 is 1.87 bits per heavy atom. The van der Waals surface area contributed by atoms with Crippen molar-refractivity contribution in [1.82, 2.24) is 9.29 Å². The van der Waals surface area contributed by atoms with Crippen molar-refractivity contribution in [3.05, 3.63) is 83.2 Å². The first-order chi connectivity index (χ1) is 14.7. The fourth-order valence-corrected chi connectivity index (χ4v) is 5.21. The summed E-state index contributed by atoms with van der Waals surface area (Å²) in [6.45, 7) is 6.44. The number of carbonyl (C=O) groups excluding carboxylic acids is 1. The van der Waals surface area contributed by atoms with Crippen LogP contribution >= 0.6 is 0 Å². The van der Waals surface area contributed by atoms with Gasteiger partial charge < -0.3 is 9.47 Å². The smallest absolute Gasteiger partial charge is 0.240 e. The zero-order chi connectivity index (χ0) is 22.2. The van der Waals surface area contributed by atoms with Crippen LogP contribution in [0.15, 0.2) is 65.7 Å². The van der Waals surface area contributed by atoms with E-state index in [1.807, 2.05) is 29.8 Å². The Hall–Kier alpha value is -2.90. The summed E-state index contributed by atoms with van der Waals surface area (Å²) >= 11 is 0. The Bertz CT molecular complexity index is 1210. The minimum absolute atomic E-state index is 0.0310. The quantitative estimate of drug-likeness (QED) is 0.640. The van der Waals surface area contributed by atoms with Crippen LogP contribution in [0.1, 0.15) is 36.2 Å². The van der Waals surface area contributed by atoms with Crippen LogP contribution in [0.2, 0.25) is 0 Å². The minimum atomic E-state index is -3.68. The van der Waals surface area contributed by atoms with Crippen LogP contribution in [0.4, 0.5) is 5.69 Å². The number of fused-ring (bicyclic) bond motifs is 1. The molecule has 1 N–H and O–H groups in total. The number of hydrogen-bond acceptors (Lipinski definition) is 3. The third-order valence-corrected chi connectivity index (χ3v) is 7.16. The zero-order valence-corrected chi connectivity index (χ0v) is 18.8. The molecule has 162 valence electrons. The van der Waals surface area contributed by atoms with Gasteiger partial charge in [0.25, 0.3) is 0 Å². The van der Waals surface area contributed by atoms with Crippen LogP contribution in [-0.4, -0.2) is 24.9 Å². The lowest BCUT2D eigenvalue weighted by molar-refractivity contribution is -0.116. The number of rotatable bonds is 6. The number of sulfonamides is 1. The van der Waals surface area contributed by atoms with Crippen molar-refractivity contribution in [3.63, 3.8) is 0 Å². The molecule has 0 radical (unpaired) electrons. The van der Waals surface area contributed by atoms with Crippen molar-refractivity contribution in [3.8, 4) is 0 Å². The van der Waals surface area contributed by atoms with Gasteiger partial charge in [-0.15, -0.1) is 0 Å². The average molecular weight is 438 g/mol. The molecule has 0 bridgehead atoms. The second kappa shape index (κ2) is 8.32. The first-order valence-electron chi connectivity index (χ1n) is 10.4. The van der Waals surface area contributed by atoms with E-state index in [2.05, 4.69) is 35.9 Å². The molecule has 2 aromatic carbocycles. The first-order valence-corrected chi connectivity index (χ1v) is 11.8. The van der Waals surface area contributed by atoms with Crippen molar-refractivity contribution < 1.29 is 13.2 Å². The summed E-state index contributed by atoms with van der Waals surface area (Å²) in [5.41, 5.74) is 4.94. The van der Waals surface area contributed by atoms with Gasteiger partial charge in [0, 0.05) is 37.1 Å². The summed E-state index contributed by atoms with van der Waals surface area (Å²) in [6.07, 6.45) is 2.61. The predicted octanol–water partition coefficient (Wildman–Crippen LogP) is 3.62. The van der Waals surface area contributed by atoms with E-state index in [0.29, 0.717) is 13.0 Å². The van der Waals surface area contributed by atoms with Crippen molar-refractivity contribution >= 4 is 21.6 Å². The van der Waals surface area contributed by atoms with Gasteiger partial charge in [-0.05, 0) is 61.7 Å². The first kappa shape index (κ1) is 21.3. The van der Waals surface area contributed by atoms with Gasteiger partial charge in [0.15, 0.2) is 0 Å². The van der Waals surface area contributed by atoms with Crippen molar-refractivity contribution in [2.45, 2.75) is 51.2 Å². The molecule has 1 aliphatic rings. The van der Waals surface area contributed by atoms with E-state index in [1.54, 1.807) is 23.1 Å². The Morgan fingerprint density at radius 1 is 1.13 bits per heavy atom. The van der Waals surface area contributed by atoms with Crippen LogP contribution < -0.4 is 9.62 Å². The number of aryl methyl sites for hydroxylation is 1. The molecule has 2 heterocycles. The maximum atomic E-state index is 12.9. The molecule has 1 aromatic heterocycles. The Labute approximate surface area is 183 Å². The van der Waals surface area contributed by atoms with Gasteiger partial charge in [0.1, 0.15) is 0 Å². The van der Waals surface area contributed by atoms with Crippen LogP contribution in [0, 0.1) is 6.92 Å². The number of amides is 1. The van der Waals surface area contributed by atoms with E-state index in [-0.39, 0.29) is 23.4 Å². The Balaban J connectivity index is 1.49. The number of aromatic nitrogens is 1. The molecule has 4 rings (SSSR count). The summed E-state index contributed by atoms with van der Waals surface area (Å²) < 4.78 is 30.6. The lowest BCUT2D eigenvalue weighted by Gasteiger charge is -2.20. The van der Waals surface area contributed by atoms with E-state index in [1.165, 1.54) is 12.5 Å². The van der Waals surface area contributed by atoms with Gasteiger partial charge in [0.05, 0.1) is 11.4 Å². The van der Waals surface area contributed by atoms with E-state index >= 15 is 0 Å². The summed E-state index contributed by atoms with van der Waals surface area (Å²) in [6, 6.07) is 17.2. The lowest BCUT2D eigenvalue weighted by Crippen LogP contribution is -2.33. The number of carbonyl (C=O) groups is 1. The van der Waals surface area contributed by atoms with Crippen LogP contribution in [0.5, 0.6) is 0 Å². The van der Waals surface area contributed by atoms with Crippen LogP contribution in [-0.2, 0) is 34.3 Å². The summed E-state index contributed by atoms with van der Waals surface area (Å²) in [7, 11) is -3.68. The van der Waals surface area contributed by atoms with E-state index in [4.69, 9.17) is 0 Å². The third kappa shape index (κ3) is 4.43. The largest absolute Gasteiger partial charge is 0.346 e. The Kier molecular flexibility index (Phi) is 5.73.